The Balaban J connectivity index is 3.70. The molecule has 4 nitrogen and oxygen atoms in total. The first-order chi connectivity index (χ1) is 4.72. The number of amides is 1. The molecule has 0 radical (unpaired) electrons. The molecule has 4 heteroatoms. The molecule has 0 aromatic rings. The van der Waals surface area contributed by atoms with Gasteiger partial charge in [0.25, 0.3) is 5.91 Å². The van der Waals surface area contributed by atoms with Crippen LogP contribution in [0.2, 0.25) is 0 Å². The van der Waals surface area contributed by atoms with Crippen molar-refractivity contribution in [2.75, 3.05) is 6.54 Å². The number of hydrogen-bond donors (Lipinski definition) is 1. The smallest absolute Gasteiger partial charge is 0.287 e. The Hall–Kier alpha value is -1.19. The van der Waals surface area contributed by atoms with Gasteiger partial charge in [0, 0.05) is 6.54 Å². The topological polar surface area (TPSA) is 63.2 Å². The summed E-state index contributed by atoms with van der Waals surface area (Å²) in [5.74, 6) is -1.37. The molecule has 0 heterocycles. The molecule has 0 saturated carbocycles. The molecule has 1 amide bonds. The van der Waals surface area contributed by atoms with Gasteiger partial charge in [0.1, 0.15) is 6.29 Å². The minimum atomic E-state index is -0.686. The molecular formula is C6H9NO3. The number of rotatable bonds is 4. The SMILES string of the molecule is CCNC(=O)C(=O)CC=O. The molecule has 1 N–H and O–H groups in total. The lowest BCUT2D eigenvalue weighted by Crippen LogP contribution is -2.30. The van der Waals surface area contributed by atoms with E-state index in [1.165, 1.54) is 0 Å². The standard InChI is InChI=1S/C6H9NO3/c1-2-7-6(10)5(9)3-4-8/h4H,2-3H2,1H3,(H,7,10). The van der Waals surface area contributed by atoms with E-state index in [1.807, 2.05) is 0 Å². The number of aldehydes is 1. The van der Waals surface area contributed by atoms with Crippen LogP contribution in [0.5, 0.6) is 0 Å². The lowest BCUT2D eigenvalue weighted by molar-refractivity contribution is -0.138. The van der Waals surface area contributed by atoms with Crippen molar-refractivity contribution in [3.63, 3.8) is 0 Å². The van der Waals surface area contributed by atoms with Gasteiger partial charge in [-0.1, -0.05) is 0 Å². The van der Waals surface area contributed by atoms with E-state index >= 15 is 0 Å². The lowest BCUT2D eigenvalue weighted by Gasteiger charge is -1.95. The average Bonchev–Trinajstić information content (AvgIpc) is 1.89. The maximum Gasteiger partial charge on any atom is 0.287 e. The molecule has 0 fully saturated rings. The van der Waals surface area contributed by atoms with Gasteiger partial charge in [0.05, 0.1) is 6.42 Å². The van der Waals surface area contributed by atoms with Crippen LogP contribution in [0.15, 0.2) is 0 Å². The average molecular weight is 143 g/mol. The minimum Gasteiger partial charge on any atom is -0.350 e. The van der Waals surface area contributed by atoms with E-state index in [2.05, 4.69) is 5.32 Å². The molecule has 56 valence electrons. The third-order valence-corrected chi connectivity index (χ3v) is 0.859. The second-order valence-electron chi connectivity index (χ2n) is 1.65. The zero-order chi connectivity index (χ0) is 7.98. The van der Waals surface area contributed by atoms with Gasteiger partial charge >= 0.3 is 0 Å². The Bertz CT molecular complexity index is 153. The monoisotopic (exact) mass is 143 g/mol. The first-order valence-corrected chi connectivity index (χ1v) is 2.97. The molecule has 0 rings (SSSR count). The summed E-state index contributed by atoms with van der Waals surface area (Å²) in [6.45, 7) is 2.11. The third kappa shape index (κ3) is 2.96. The first-order valence-electron chi connectivity index (χ1n) is 2.97. The molecule has 10 heavy (non-hydrogen) atoms. The zero-order valence-electron chi connectivity index (χ0n) is 5.72. The van der Waals surface area contributed by atoms with E-state index < -0.39 is 11.7 Å². The van der Waals surface area contributed by atoms with Crippen LogP contribution in [0.25, 0.3) is 0 Å². The van der Waals surface area contributed by atoms with Crippen LogP contribution >= 0.6 is 0 Å². The molecule has 0 aromatic heterocycles. The van der Waals surface area contributed by atoms with Gasteiger partial charge in [0.2, 0.25) is 5.78 Å². The normalized spacial score (nSPS) is 8.50. The molecule has 0 aromatic carbocycles. The lowest BCUT2D eigenvalue weighted by atomic mass is 10.3. The van der Waals surface area contributed by atoms with Crippen LogP contribution < -0.4 is 5.32 Å². The summed E-state index contributed by atoms with van der Waals surface area (Å²) < 4.78 is 0. The molecule has 0 unspecified atom stereocenters. The highest BCUT2D eigenvalue weighted by Crippen LogP contribution is 1.77. The summed E-state index contributed by atoms with van der Waals surface area (Å²) in [7, 11) is 0. The van der Waals surface area contributed by atoms with Gasteiger partial charge < -0.3 is 10.1 Å². The maximum atomic E-state index is 10.5. The molecule has 0 atom stereocenters. The van der Waals surface area contributed by atoms with Gasteiger partial charge in [-0.15, -0.1) is 0 Å². The molecule has 0 aliphatic rings. The molecular weight excluding hydrogens is 134 g/mol. The van der Waals surface area contributed by atoms with E-state index in [0.29, 0.717) is 12.8 Å². The van der Waals surface area contributed by atoms with E-state index in [9.17, 15) is 14.4 Å². The van der Waals surface area contributed by atoms with Crippen molar-refractivity contribution < 1.29 is 14.4 Å². The van der Waals surface area contributed by atoms with E-state index in [1.54, 1.807) is 6.92 Å². The second kappa shape index (κ2) is 4.67. The van der Waals surface area contributed by atoms with Crippen molar-refractivity contribution in [1.82, 2.24) is 5.32 Å². The number of ketones is 1. The van der Waals surface area contributed by atoms with Crippen LogP contribution in [0, 0.1) is 0 Å². The molecule has 0 aliphatic carbocycles. The summed E-state index contributed by atoms with van der Waals surface area (Å²) in [5, 5.41) is 2.28. The number of Topliss-reactive ketones (excluding diaryl/α,β-unsaturated/α-hetero) is 1. The Morgan fingerprint density at radius 2 is 2.10 bits per heavy atom. The Morgan fingerprint density at radius 1 is 1.50 bits per heavy atom. The summed E-state index contributed by atoms with van der Waals surface area (Å²) in [4.78, 5) is 30.7. The number of carbonyl (C=O) groups excluding carboxylic acids is 3. The maximum absolute atomic E-state index is 10.5. The Labute approximate surface area is 58.6 Å². The van der Waals surface area contributed by atoms with Gasteiger partial charge in [-0.3, -0.25) is 9.59 Å². The minimum absolute atomic E-state index is 0.328. The summed E-state index contributed by atoms with van der Waals surface area (Å²) in [6, 6.07) is 0. The molecule has 0 bridgehead atoms. The predicted molar refractivity (Wildman–Crippen MR) is 34.4 cm³/mol. The number of hydrogen-bond acceptors (Lipinski definition) is 3. The zero-order valence-corrected chi connectivity index (χ0v) is 5.72. The van der Waals surface area contributed by atoms with Crippen LogP contribution in [0.1, 0.15) is 13.3 Å². The highest BCUT2D eigenvalue weighted by molar-refractivity contribution is 6.38. The fourth-order valence-corrected chi connectivity index (χ4v) is 0.428. The van der Waals surface area contributed by atoms with E-state index in [-0.39, 0.29) is 6.42 Å². The van der Waals surface area contributed by atoms with Crippen LogP contribution in [0.4, 0.5) is 0 Å². The van der Waals surface area contributed by atoms with Crippen molar-refractivity contribution >= 4 is 18.0 Å². The number of carbonyl (C=O) groups is 3. The number of nitrogens with one attached hydrogen (secondary N) is 1. The highest BCUT2D eigenvalue weighted by atomic mass is 16.2. The van der Waals surface area contributed by atoms with Crippen molar-refractivity contribution in [3.05, 3.63) is 0 Å². The largest absolute Gasteiger partial charge is 0.350 e. The van der Waals surface area contributed by atoms with Crippen LogP contribution in [0.3, 0.4) is 0 Å². The van der Waals surface area contributed by atoms with Crippen LogP contribution in [-0.2, 0) is 14.4 Å². The quantitative estimate of drug-likeness (QED) is 0.321. The van der Waals surface area contributed by atoms with Gasteiger partial charge in [-0.25, -0.2) is 0 Å². The van der Waals surface area contributed by atoms with Crippen LogP contribution in [-0.4, -0.2) is 24.5 Å². The van der Waals surface area contributed by atoms with Crippen molar-refractivity contribution in [3.8, 4) is 0 Å². The first kappa shape index (κ1) is 8.81. The Morgan fingerprint density at radius 3 is 2.50 bits per heavy atom. The fraction of sp³-hybridized carbons (Fsp3) is 0.500. The summed E-state index contributed by atoms with van der Waals surface area (Å²) >= 11 is 0. The number of likely N-dealkylation sites (N-methyl/N-ethyl adjacent to an activating group) is 1. The van der Waals surface area contributed by atoms with E-state index in [4.69, 9.17) is 0 Å². The van der Waals surface area contributed by atoms with Gasteiger partial charge in [0.15, 0.2) is 0 Å². The van der Waals surface area contributed by atoms with Crippen molar-refractivity contribution in [1.29, 1.82) is 0 Å². The molecule has 0 saturated heterocycles. The van der Waals surface area contributed by atoms with E-state index in [0.717, 1.165) is 0 Å². The fourth-order valence-electron chi connectivity index (χ4n) is 0.428. The predicted octanol–water partition coefficient (Wildman–Crippen LogP) is -0.719. The Kier molecular flexibility index (Phi) is 4.11. The van der Waals surface area contributed by atoms with Crippen molar-refractivity contribution in [2.45, 2.75) is 13.3 Å². The molecule has 0 spiro atoms. The summed E-state index contributed by atoms with van der Waals surface area (Å²) in [5.41, 5.74) is 0. The van der Waals surface area contributed by atoms with Gasteiger partial charge in [-0.2, -0.15) is 0 Å². The van der Waals surface area contributed by atoms with Crippen molar-refractivity contribution in [2.24, 2.45) is 0 Å². The highest BCUT2D eigenvalue weighted by Gasteiger charge is 2.09. The second-order valence-corrected chi connectivity index (χ2v) is 1.65. The molecule has 0 aliphatic heterocycles. The summed E-state index contributed by atoms with van der Waals surface area (Å²) in [6.07, 6.45) is 0.0867. The van der Waals surface area contributed by atoms with Gasteiger partial charge in [-0.05, 0) is 6.92 Å². The third-order valence-electron chi connectivity index (χ3n) is 0.859.